The topological polar surface area (TPSA) is 56.5 Å². The molecular weight excluding hydrogens is 284 g/mol. The fourth-order valence-electron chi connectivity index (χ4n) is 2.35. The molecular formula is C16H22N2O2S. The van der Waals surface area contributed by atoms with E-state index in [0.717, 1.165) is 36.3 Å². The van der Waals surface area contributed by atoms with E-state index in [1.54, 1.807) is 25.6 Å². The van der Waals surface area contributed by atoms with E-state index in [4.69, 9.17) is 15.3 Å². The molecule has 1 unspecified atom stereocenters. The van der Waals surface area contributed by atoms with Crippen LogP contribution in [0.4, 0.5) is 0 Å². The highest BCUT2D eigenvalue weighted by atomic mass is 32.1. The van der Waals surface area contributed by atoms with Gasteiger partial charge < -0.3 is 9.47 Å². The summed E-state index contributed by atoms with van der Waals surface area (Å²) in [4.78, 5) is 1.41. The minimum atomic E-state index is 0.116. The zero-order chi connectivity index (χ0) is 15.1. The molecule has 0 aliphatic rings. The Kier molecular flexibility index (Phi) is 6.04. The van der Waals surface area contributed by atoms with Crippen molar-refractivity contribution in [2.75, 3.05) is 14.2 Å². The van der Waals surface area contributed by atoms with E-state index in [1.807, 2.05) is 18.2 Å². The van der Waals surface area contributed by atoms with Crippen LogP contribution in [0.15, 0.2) is 35.7 Å². The minimum Gasteiger partial charge on any atom is -0.493 e. The van der Waals surface area contributed by atoms with Gasteiger partial charge in [-0.1, -0.05) is 12.1 Å². The van der Waals surface area contributed by atoms with Crippen molar-refractivity contribution < 1.29 is 9.47 Å². The van der Waals surface area contributed by atoms with Gasteiger partial charge in [0, 0.05) is 10.9 Å². The van der Waals surface area contributed by atoms with Crippen molar-refractivity contribution in [1.29, 1.82) is 0 Å². The first-order valence-electron chi connectivity index (χ1n) is 6.99. The van der Waals surface area contributed by atoms with Crippen molar-refractivity contribution in [3.05, 3.63) is 46.2 Å². The summed E-state index contributed by atoms with van der Waals surface area (Å²) in [5.41, 5.74) is 4.01. The van der Waals surface area contributed by atoms with Gasteiger partial charge in [-0.15, -0.1) is 11.3 Å². The Morgan fingerprint density at radius 3 is 2.62 bits per heavy atom. The third kappa shape index (κ3) is 4.20. The maximum absolute atomic E-state index is 5.71. The van der Waals surface area contributed by atoms with Crippen molar-refractivity contribution in [2.24, 2.45) is 5.84 Å². The van der Waals surface area contributed by atoms with Crippen LogP contribution in [0, 0.1) is 0 Å². The second-order valence-corrected chi connectivity index (χ2v) is 5.84. The van der Waals surface area contributed by atoms with Gasteiger partial charge in [0.25, 0.3) is 0 Å². The van der Waals surface area contributed by atoms with E-state index in [9.17, 15) is 0 Å². The molecule has 1 heterocycles. The number of rotatable bonds is 8. The standard InChI is InChI=1S/C16H22N2O2S/c1-19-15-9-8-12(11-16(15)20-2)14(18-17)7-3-5-13-6-4-10-21-13/h4,6,8-11,14,18H,3,5,7,17H2,1-2H3. The average Bonchev–Trinajstić information content (AvgIpc) is 3.04. The Hall–Kier alpha value is -1.56. The molecule has 2 rings (SSSR count). The third-order valence-corrected chi connectivity index (χ3v) is 4.44. The number of ether oxygens (including phenoxy) is 2. The molecule has 3 N–H and O–H groups in total. The maximum atomic E-state index is 5.71. The van der Waals surface area contributed by atoms with Gasteiger partial charge in [-0.2, -0.15) is 0 Å². The molecule has 0 aliphatic carbocycles. The van der Waals surface area contributed by atoms with Crippen molar-refractivity contribution in [3.63, 3.8) is 0 Å². The Morgan fingerprint density at radius 1 is 1.19 bits per heavy atom. The molecule has 0 saturated heterocycles. The van der Waals surface area contributed by atoms with Gasteiger partial charge in [0.15, 0.2) is 11.5 Å². The molecule has 4 nitrogen and oxygen atoms in total. The predicted molar refractivity (Wildman–Crippen MR) is 86.9 cm³/mol. The number of aryl methyl sites for hydroxylation is 1. The van der Waals surface area contributed by atoms with E-state index < -0.39 is 0 Å². The summed E-state index contributed by atoms with van der Waals surface area (Å²) in [6.07, 6.45) is 3.15. The molecule has 0 amide bonds. The molecule has 0 bridgehead atoms. The van der Waals surface area contributed by atoms with Crippen LogP contribution >= 0.6 is 11.3 Å². The highest BCUT2D eigenvalue weighted by Crippen LogP contribution is 2.31. The summed E-state index contributed by atoms with van der Waals surface area (Å²) in [6.45, 7) is 0. The number of nitrogens with two attached hydrogens (primary N) is 1. The molecule has 0 spiro atoms. The van der Waals surface area contributed by atoms with Crippen LogP contribution in [0.25, 0.3) is 0 Å². The van der Waals surface area contributed by atoms with Crippen molar-refractivity contribution in [3.8, 4) is 11.5 Å². The predicted octanol–water partition coefficient (Wildman–Crippen LogP) is 3.29. The average molecular weight is 306 g/mol. The number of nitrogens with one attached hydrogen (secondary N) is 1. The number of methoxy groups -OCH3 is 2. The van der Waals surface area contributed by atoms with Gasteiger partial charge in [-0.05, 0) is 48.4 Å². The second kappa shape index (κ2) is 8.02. The molecule has 1 aromatic carbocycles. The lowest BCUT2D eigenvalue weighted by Gasteiger charge is -2.18. The molecule has 21 heavy (non-hydrogen) atoms. The van der Waals surface area contributed by atoms with Gasteiger partial charge >= 0.3 is 0 Å². The van der Waals surface area contributed by atoms with Crippen LogP contribution in [0.3, 0.4) is 0 Å². The zero-order valence-corrected chi connectivity index (χ0v) is 13.3. The monoisotopic (exact) mass is 306 g/mol. The summed E-state index contributed by atoms with van der Waals surface area (Å²) in [5, 5.41) is 2.11. The third-order valence-electron chi connectivity index (χ3n) is 3.51. The molecule has 1 aromatic heterocycles. The molecule has 0 saturated carbocycles. The number of hydrazine groups is 1. The first-order chi connectivity index (χ1) is 10.3. The lowest BCUT2D eigenvalue weighted by molar-refractivity contribution is 0.353. The second-order valence-electron chi connectivity index (χ2n) is 4.81. The summed E-state index contributed by atoms with van der Waals surface area (Å²) < 4.78 is 10.6. The van der Waals surface area contributed by atoms with Crippen LogP contribution in [-0.2, 0) is 6.42 Å². The normalized spacial score (nSPS) is 12.1. The van der Waals surface area contributed by atoms with Crippen LogP contribution < -0.4 is 20.7 Å². The van der Waals surface area contributed by atoms with Gasteiger partial charge in [-0.3, -0.25) is 11.3 Å². The molecule has 2 aromatic rings. The SMILES string of the molecule is COc1ccc(C(CCCc2cccs2)NN)cc1OC. The Balaban J connectivity index is 1.99. The van der Waals surface area contributed by atoms with E-state index in [-0.39, 0.29) is 6.04 Å². The Morgan fingerprint density at radius 2 is 2.00 bits per heavy atom. The summed E-state index contributed by atoms with van der Waals surface area (Å²) in [7, 11) is 3.28. The van der Waals surface area contributed by atoms with Gasteiger partial charge in [0.1, 0.15) is 0 Å². The lowest BCUT2D eigenvalue weighted by atomic mass is 10.0. The Labute approximate surface area is 129 Å². The smallest absolute Gasteiger partial charge is 0.161 e. The van der Waals surface area contributed by atoms with Crippen LogP contribution in [0.1, 0.15) is 29.3 Å². The van der Waals surface area contributed by atoms with E-state index in [2.05, 4.69) is 22.9 Å². The molecule has 114 valence electrons. The molecule has 0 fully saturated rings. The van der Waals surface area contributed by atoms with Crippen molar-refractivity contribution in [1.82, 2.24) is 5.43 Å². The van der Waals surface area contributed by atoms with E-state index in [0.29, 0.717) is 0 Å². The minimum absolute atomic E-state index is 0.116. The van der Waals surface area contributed by atoms with E-state index >= 15 is 0 Å². The number of thiophene rings is 1. The summed E-state index contributed by atoms with van der Waals surface area (Å²) in [6, 6.07) is 10.3. The highest BCUT2D eigenvalue weighted by molar-refractivity contribution is 7.09. The summed E-state index contributed by atoms with van der Waals surface area (Å²) in [5.74, 6) is 7.17. The van der Waals surface area contributed by atoms with Gasteiger partial charge in [-0.25, -0.2) is 0 Å². The Bertz CT molecular complexity index is 543. The maximum Gasteiger partial charge on any atom is 0.161 e. The largest absolute Gasteiger partial charge is 0.493 e. The number of benzene rings is 1. The van der Waals surface area contributed by atoms with Crippen LogP contribution in [0.2, 0.25) is 0 Å². The molecule has 0 aliphatic heterocycles. The van der Waals surface area contributed by atoms with Crippen LogP contribution in [-0.4, -0.2) is 14.2 Å². The number of hydrogen-bond acceptors (Lipinski definition) is 5. The zero-order valence-electron chi connectivity index (χ0n) is 12.5. The van der Waals surface area contributed by atoms with Crippen molar-refractivity contribution in [2.45, 2.75) is 25.3 Å². The fourth-order valence-corrected chi connectivity index (χ4v) is 3.10. The first kappa shape index (κ1) is 15.8. The quantitative estimate of drug-likeness (QED) is 0.580. The lowest BCUT2D eigenvalue weighted by Crippen LogP contribution is -2.28. The summed E-state index contributed by atoms with van der Waals surface area (Å²) >= 11 is 1.80. The first-order valence-corrected chi connectivity index (χ1v) is 7.87. The fraction of sp³-hybridized carbons (Fsp3) is 0.375. The number of hydrogen-bond donors (Lipinski definition) is 2. The highest BCUT2D eigenvalue weighted by Gasteiger charge is 2.13. The molecule has 5 heteroatoms. The van der Waals surface area contributed by atoms with Crippen LogP contribution in [0.5, 0.6) is 11.5 Å². The molecule has 0 radical (unpaired) electrons. The molecule has 1 atom stereocenters. The van der Waals surface area contributed by atoms with Gasteiger partial charge in [0.2, 0.25) is 0 Å². The van der Waals surface area contributed by atoms with Crippen molar-refractivity contribution >= 4 is 11.3 Å². The van der Waals surface area contributed by atoms with E-state index in [1.165, 1.54) is 4.88 Å². The van der Waals surface area contributed by atoms with Gasteiger partial charge in [0.05, 0.1) is 14.2 Å².